The number of amides is 1. The summed E-state index contributed by atoms with van der Waals surface area (Å²) in [6.07, 6.45) is -4.10. The first-order valence-electron chi connectivity index (χ1n) is 6.46. The number of nitrogens with one attached hydrogen (secondary N) is 1. The molecule has 0 heterocycles. The third-order valence-electron chi connectivity index (χ3n) is 2.85. The van der Waals surface area contributed by atoms with Gasteiger partial charge in [-0.05, 0) is 18.6 Å². The lowest BCUT2D eigenvalue weighted by Gasteiger charge is -2.13. The molecule has 2 aromatic rings. The maximum absolute atomic E-state index is 12.3. The summed E-state index contributed by atoms with van der Waals surface area (Å²) >= 11 is 0. The lowest BCUT2D eigenvalue weighted by atomic mass is 10.1. The van der Waals surface area contributed by atoms with Crippen LogP contribution in [0.5, 0.6) is 5.75 Å². The van der Waals surface area contributed by atoms with Crippen molar-refractivity contribution in [3.05, 3.63) is 36.4 Å². The molecule has 21 heavy (non-hydrogen) atoms. The average molecular weight is 297 g/mol. The van der Waals surface area contributed by atoms with E-state index in [4.69, 9.17) is 4.74 Å². The Morgan fingerprint density at radius 3 is 2.43 bits per heavy atom. The summed E-state index contributed by atoms with van der Waals surface area (Å²) < 4.78 is 42.6. The Balaban J connectivity index is 2.40. The average Bonchev–Trinajstić information content (AvgIpc) is 2.45. The maximum atomic E-state index is 12.3. The molecular weight excluding hydrogens is 283 g/mol. The third kappa shape index (κ3) is 3.45. The van der Waals surface area contributed by atoms with Crippen molar-refractivity contribution in [3.8, 4) is 5.75 Å². The van der Waals surface area contributed by atoms with Gasteiger partial charge in [0.1, 0.15) is 5.75 Å². The lowest BCUT2D eigenvalue weighted by Crippen LogP contribution is -2.30. The van der Waals surface area contributed by atoms with Crippen LogP contribution >= 0.6 is 0 Å². The van der Waals surface area contributed by atoms with Crippen molar-refractivity contribution in [2.45, 2.75) is 19.5 Å². The summed E-state index contributed by atoms with van der Waals surface area (Å²) in [6.45, 7) is 2.47. The monoisotopic (exact) mass is 297 g/mol. The number of carbonyl (C=O) groups is 1. The highest BCUT2D eigenvalue weighted by molar-refractivity contribution is 6.05. The van der Waals surface area contributed by atoms with Crippen LogP contribution in [0.15, 0.2) is 36.4 Å². The van der Waals surface area contributed by atoms with Crippen molar-refractivity contribution in [2.75, 3.05) is 11.9 Å². The van der Waals surface area contributed by atoms with Crippen molar-refractivity contribution in [3.63, 3.8) is 0 Å². The number of rotatable bonds is 4. The number of hydrogen-bond donors (Lipinski definition) is 1. The molecule has 2 rings (SSSR count). The van der Waals surface area contributed by atoms with Crippen LogP contribution < -0.4 is 10.1 Å². The van der Waals surface area contributed by atoms with Gasteiger partial charge in [0, 0.05) is 16.5 Å². The predicted octanol–water partition coefficient (Wildman–Crippen LogP) is 4.13. The Kier molecular flexibility index (Phi) is 4.35. The van der Waals surface area contributed by atoms with E-state index in [-0.39, 0.29) is 5.69 Å². The van der Waals surface area contributed by atoms with E-state index >= 15 is 0 Å². The lowest BCUT2D eigenvalue weighted by molar-refractivity contribution is -0.167. The van der Waals surface area contributed by atoms with Crippen molar-refractivity contribution >= 4 is 22.4 Å². The molecule has 0 aromatic heterocycles. The van der Waals surface area contributed by atoms with Gasteiger partial charge >= 0.3 is 12.1 Å². The number of hydrogen-bond acceptors (Lipinski definition) is 2. The van der Waals surface area contributed by atoms with E-state index in [1.807, 2.05) is 12.2 Å². The molecule has 0 fully saturated rings. The maximum Gasteiger partial charge on any atom is 0.471 e. The van der Waals surface area contributed by atoms with Crippen LogP contribution in [0.3, 0.4) is 0 Å². The van der Waals surface area contributed by atoms with E-state index in [1.165, 1.54) is 6.07 Å². The fourth-order valence-electron chi connectivity index (χ4n) is 1.91. The zero-order chi connectivity index (χ0) is 15.5. The minimum Gasteiger partial charge on any atom is -0.493 e. The SMILES string of the molecule is CCCOc1ccc(NC(=O)C(F)(F)F)c2ccccc12. The van der Waals surface area contributed by atoms with Gasteiger partial charge in [-0.3, -0.25) is 4.79 Å². The Labute approximate surface area is 119 Å². The molecule has 0 aliphatic carbocycles. The molecule has 0 aliphatic rings. The summed E-state index contributed by atoms with van der Waals surface area (Å²) in [6, 6.07) is 9.80. The zero-order valence-corrected chi connectivity index (χ0v) is 11.3. The summed E-state index contributed by atoms with van der Waals surface area (Å²) in [5.41, 5.74) is 0.108. The van der Waals surface area contributed by atoms with E-state index in [0.717, 1.165) is 6.42 Å². The fraction of sp³-hybridized carbons (Fsp3) is 0.267. The molecule has 2 aromatic carbocycles. The predicted molar refractivity (Wildman–Crippen MR) is 74.4 cm³/mol. The molecule has 0 spiro atoms. The number of alkyl halides is 3. The highest BCUT2D eigenvalue weighted by Crippen LogP contribution is 2.32. The highest BCUT2D eigenvalue weighted by Gasteiger charge is 2.38. The molecule has 0 radical (unpaired) electrons. The van der Waals surface area contributed by atoms with Gasteiger partial charge in [-0.15, -0.1) is 0 Å². The minimum atomic E-state index is -4.92. The van der Waals surface area contributed by atoms with E-state index in [0.29, 0.717) is 23.1 Å². The first-order chi connectivity index (χ1) is 9.93. The van der Waals surface area contributed by atoms with E-state index in [2.05, 4.69) is 0 Å². The first kappa shape index (κ1) is 15.2. The second-order valence-corrected chi connectivity index (χ2v) is 4.46. The summed E-state index contributed by atoms with van der Waals surface area (Å²) in [5.74, 6) is -1.41. The minimum absolute atomic E-state index is 0.108. The van der Waals surface area contributed by atoms with Gasteiger partial charge < -0.3 is 10.1 Å². The van der Waals surface area contributed by atoms with Crippen LogP contribution in [0, 0.1) is 0 Å². The van der Waals surface area contributed by atoms with Gasteiger partial charge in [-0.1, -0.05) is 31.2 Å². The van der Waals surface area contributed by atoms with Gasteiger partial charge in [0.15, 0.2) is 0 Å². The van der Waals surface area contributed by atoms with Crippen LogP contribution in [0.4, 0.5) is 18.9 Å². The normalized spacial score (nSPS) is 11.4. The number of anilines is 1. The van der Waals surface area contributed by atoms with Gasteiger partial charge in [0.2, 0.25) is 0 Å². The summed E-state index contributed by atoms with van der Waals surface area (Å²) in [5, 5.41) is 3.05. The topological polar surface area (TPSA) is 38.3 Å². The van der Waals surface area contributed by atoms with E-state index in [1.54, 1.807) is 30.3 Å². The molecular formula is C15H14F3NO2. The Bertz CT molecular complexity index is 653. The molecule has 0 saturated heterocycles. The standard InChI is InChI=1S/C15H14F3NO2/c1-2-9-21-13-8-7-12(19-14(20)15(16,17)18)10-5-3-4-6-11(10)13/h3-8H,2,9H2,1H3,(H,19,20). The number of ether oxygens (including phenoxy) is 1. The van der Waals surface area contributed by atoms with Gasteiger partial charge in [-0.25, -0.2) is 0 Å². The van der Waals surface area contributed by atoms with Gasteiger partial charge in [0.05, 0.1) is 6.61 Å². The molecule has 0 saturated carbocycles. The molecule has 6 heteroatoms. The molecule has 1 N–H and O–H groups in total. The van der Waals surface area contributed by atoms with Crippen molar-refractivity contribution in [1.82, 2.24) is 0 Å². The zero-order valence-electron chi connectivity index (χ0n) is 11.3. The van der Waals surface area contributed by atoms with Crippen molar-refractivity contribution < 1.29 is 22.7 Å². The summed E-state index contributed by atoms with van der Waals surface area (Å²) in [4.78, 5) is 11.1. The van der Waals surface area contributed by atoms with Crippen LogP contribution in [0.25, 0.3) is 10.8 Å². The second-order valence-electron chi connectivity index (χ2n) is 4.46. The van der Waals surface area contributed by atoms with Crippen LogP contribution in [-0.4, -0.2) is 18.7 Å². The molecule has 1 amide bonds. The van der Waals surface area contributed by atoms with Crippen LogP contribution in [0.2, 0.25) is 0 Å². The smallest absolute Gasteiger partial charge is 0.471 e. The Morgan fingerprint density at radius 1 is 1.14 bits per heavy atom. The van der Waals surface area contributed by atoms with Crippen molar-refractivity contribution in [1.29, 1.82) is 0 Å². The van der Waals surface area contributed by atoms with Crippen molar-refractivity contribution in [2.24, 2.45) is 0 Å². The summed E-state index contributed by atoms with van der Waals surface area (Å²) in [7, 11) is 0. The number of halogens is 3. The largest absolute Gasteiger partial charge is 0.493 e. The molecule has 0 atom stereocenters. The highest BCUT2D eigenvalue weighted by atomic mass is 19.4. The van der Waals surface area contributed by atoms with E-state index < -0.39 is 12.1 Å². The van der Waals surface area contributed by atoms with Gasteiger partial charge in [-0.2, -0.15) is 13.2 Å². The third-order valence-corrected chi connectivity index (χ3v) is 2.85. The first-order valence-corrected chi connectivity index (χ1v) is 6.46. The molecule has 0 unspecified atom stereocenters. The molecule has 0 bridgehead atoms. The quantitative estimate of drug-likeness (QED) is 0.921. The fourth-order valence-corrected chi connectivity index (χ4v) is 1.91. The molecule has 0 aliphatic heterocycles. The molecule has 3 nitrogen and oxygen atoms in total. The number of fused-ring (bicyclic) bond motifs is 1. The Hall–Kier alpha value is -2.24. The van der Waals surface area contributed by atoms with E-state index in [9.17, 15) is 18.0 Å². The van der Waals surface area contributed by atoms with Crippen LogP contribution in [0.1, 0.15) is 13.3 Å². The Morgan fingerprint density at radius 2 is 1.81 bits per heavy atom. The van der Waals surface area contributed by atoms with Crippen LogP contribution in [-0.2, 0) is 4.79 Å². The number of benzene rings is 2. The molecule has 112 valence electrons. The van der Waals surface area contributed by atoms with Gasteiger partial charge in [0.25, 0.3) is 0 Å². The second kappa shape index (κ2) is 6.03. The number of carbonyl (C=O) groups excluding carboxylic acids is 1.